The summed E-state index contributed by atoms with van der Waals surface area (Å²) in [6, 6.07) is 0.303. The topological polar surface area (TPSA) is 39.1 Å². The first-order valence-corrected chi connectivity index (χ1v) is 5.92. The molecule has 0 aliphatic carbocycles. The maximum absolute atomic E-state index is 5.36. The van der Waals surface area contributed by atoms with Gasteiger partial charge in [0.2, 0.25) is 0 Å². The Hall–Kier alpha value is -1.03. The van der Waals surface area contributed by atoms with Crippen LogP contribution in [0.15, 0.2) is 6.20 Å². The van der Waals surface area contributed by atoms with Crippen LogP contribution < -0.4 is 10.1 Å². The van der Waals surface area contributed by atoms with Gasteiger partial charge in [-0.1, -0.05) is 26.7 Å². The number of hydrogen-bond donors (Lipinski definition) is 1. The zero-order valence-electron chi connectivity index (χ0n) is 10.9. The zero-order valence-corrected chi connectivity index (χ0v) is 10.9. The van der Waals surface area contributed by atoms with Gasteiger partial charge < -0.3 is 10.1 Å². The quantitative estimate of drug-likeness (QED) is 0.806. The Morgan fingerprint density at radius 2 is 2.06 bits per heavy atom. The minimum atomic E-state index is 0.303. The van der Waals surface area contributed by atoms with Crippen LogP contribution in [-0.2, 0) is 7.05 Å². The molecule has 0 saturated heterocycles. The lowest BCUT2D eigenvalue weighted by Gasteiger charge is -2.25. The molecule has 0 spiro atoms. The van der Waals surface area contributed by atoms with Crippen molar-refractivity contribution in [1.82, 2.24) is 15.1 Å². The van der Waals surface area contributed by atoms with E-state index in [1.807, 2.05) is 18.8 Å². The Labute approximate surface area is 98.0 Å². The van der Waals surface area contributed by atoms with E-state index in [0.717, 1.165) is 24.3 Å². The van der Waals surface area contributed by atoms with Gasteiger partial charge in [-0.3, -0.25) is 4.68 Å². The average Bonchev–Trinajstić information content (AvgIpc) is 2.67. The highest BCUT2D eigenvalue weighted by molar-refractivity contribution is 5.28. The van der Waals surface area contributed by atoms with Gasteiger partial charge in [0.1, 0.15) is 0 Å². The standard InChI is InChI=1S/C12H23N3O/c1-6-9(7-2)11(13-3)12-10(16-5)8-14-15(12)4/h8-9,11,13H,6-7H2,1-5H3. The van der Waals surface area contributed by atoms with E-state index in [-0.39, 0.29) is 0 Å². The first-order valence-electron chi connectivity index (χ1n) is 5.92. The summed E-state index contributed by atoms with van der Waals surface area (Å²) in [5.74, 6) is 1.48. The first-order chi connectivity index (χ1) is 7.69. The van der Waals surface area contributed by atoms with Gasteiger partial charge in [-0.25, -0.2) is 0 Å². The van der Waals surface area contributed by atoms with Crippen LogP contribution in [0.25, 0.3) is 0 Å². The smallest absolute Gasteiger partial charge is 0.161 e. The molecule has 1 aromatic heterocycles. The highest BCUT2D eigenvalue weighted by Crippen LogP contribution is 2.32. The minimum Gasteiger partial charge on any atom is -0.493 e. The van der Waals surface area contributed by atoms with Crippen molar-refractivity contribution in [1.29, 1.82) is 0 Å². The highest BCUT2D eigenvalue weighted by atomic mass is 16.5. The van der Waals surface area contributed by atoms with Gasteiger partial charge >= 0.3 is 0 Å². The van der Waals surface area contributed by atoms with Crippen LogP contribution in [0.1, 0.15) is 38.4 Å². The predicted octanol–water partition coefficient (Wildman–Crippen LogP) is 2.13. The first kappa shape index (κ1) is 13.0. The molecule has 1 heterocycles. The molecule has 0 aliphatic rings. The second-order valence-electron chi connectivity index (χ2n) is 4.06. The summed E-state index contributed by atoms with van der Waals surface area (Å²) in [5.41, 5.74) is 1.14. The summed E-state index contributed by atoms with van der Waals surface area (Å²) in [4.78, 5) is 0. The molecule has 0 aromatic carbocycles. The largest absolute Gasteiger partial charge is 0.493 e. The van der Waals surface area contributed by atoms with Crippen molar-refractivity contribution in [2.24, 2.45) is 13.0 Å². The van der Waals surface area contributed by atoms with Gasteiger partial charge in [0.05, 0.1) is 25.0 Å². The number of nitrogens with one attached hydrogen (secondary N) is 1. The molecular weight excluding hydrogens is 202 g/mol. The molecule has 1 rings (SSSR count). The lowest BCUT2D eigenvalue weighted by atomic mass is 9.91. The molecule has 0 bridgehead atoms. The number of methoxy groups -OCH3 is 1. The van der Waals surface area contributed by atoms with Crippen LogP contribution in [0.4, 0.5) is 0 Å². The fraction of sp³-hybridized carbons (Fsp3) is 0.750. The third-order valence-corrected chi connectivity index (χ3v) is 3.29. The van der Waals surface area contributed by atoms with Crippen LogP contribution in [0.2, 0.25) is 0 Å². The Bertz CT molecular complexity index is 318. The van der Waals surface area contributed by atoms with E-state index in [2.05, 4.69) is 24.3 Å². The average molecular weight is 225 g/mol. The van der Waals surface area contributed by atoms with E-state index >= 15 is 0 Å². The van der Waals surface area contributed by atoms with E-state index < -0.39 is 0 Å². The number of aryl methyl sites for hydroxylation is 1. The second-order valence-corrected chi connectivity index (χ2v) is 4.06. The van der Waals surface area contributed by atoms with Crippen molar-refractivity contribution in [3.63, 3.8) is 0 Å². The zero-order chi connectivity index (χ0) is 12.1. The summed E-state index contributed by atoms with van der Waals surface area (Å²) in [7, 11) is 5.65. The SMILES string of the molecule is CCC(CC)C(NC)c1c(OC)cnn1C. The number of aromatic nitrogens is 2. The van der Waals surface area contributed by atoms with E-state index in [4.69, 9.17) is 4.74 Å². The second kappa shape index (κ2) is 5.89. The summed E-state index contributed by atoms with van der Waals surface area (Å²) >= 11 is 0. The Balaban J connectivity index is 3.06. The van der Waals surface area contributed by atoms with Gasteiger partial charge in [-0.15, -0.1) is 0 Å². The monoisotopic (exact) mass is 225 g/mol. The molecule has 1 aromatic rings. The molecule has 1 unspecified atom stereocenters. The minimum absolute atomic E-state index is 0.303. The summed E-state index contributed by atoms with van der Waals surface area (Å²) in [6.45, 7) is 4.45. The fourth-order valence-corrected chi connectivity index (χ4v) is 2.29. The van der Waals surface area contributed by atoms with Crippen LogP contribution in [0, 0.1) is 5.92 Å². The molecule has 16 heavy (non-hydrogen) atoms. The van der Waals surface area contributed by atoms with Crippen molar-refractivity contribution in [3.8, 4) is 5.75 Å². The lowest BCUT2D eigenvalue weighted by molar-refractivity contribution is 0.326. The molecule has 0 radical (unpaired) electrons. The molecule has 0 amide bonds. The summed E-state index contributed by atoms with van der Waals surface area (Å²) < 4.78 is 7.27. The molecule has 4 nitrogen and oxygen atoms in total. The fourth-order valence-electron chi connectivity index (χ4n) is 2.29. The molecule has 0 aliphatic heterocycles. The van der Waals surface area contributed by atoms with Gasteiger partial charge in [0, 0.05) is 7.05 Å². The Kier molecular flexibility index (Phi) is 4.80. The van der Waals surface area contributed by atoms with Gasteiger partial charge in [0.15, 0.2) is 5.75 Å². The van der Waals surface area contributed by atoms with Crippen molar-refractivity contribution in [2.75, 3.05) is 14.2 Å². The molecule has 1 N–H and O–H groups in total. The van der Waals surface area contributed by atoms with Gasteiger partial charge in [-0.05, 0) is 13.0 Å². The van der Waals surface area contributed by atoms with Crippen molar-refractivity contribution in [3.05, 3.63) is 11.9 Å². The van der Waals surface area contributed by atoms with E-state index in [1.165, 1.54) is 0 Å². The molecule has 0 saturated carbocycles. The molecule has 0 fully saturated rings. The summed E-state index contributed by atoms with van der Waals surface area (Å²) in [5, 5.41) is 7.64. The third kappa shape index (κ3) is 2.38. The van der Waals surface area contributed by atoms with Crippen LogP contribution in [-0.4, -0.2) is 23.9 Å². The number of ether oxygens (including phenoxy) is 1. The predicted molar refractivity (Wildman–Crippen MR) is 65.6 cm³/mol. The highest BCUT2D eigenvalue weighted by Gasteiger charge is 2.25. The van der Waals surface area contributed by atoms with Gasteiger partial charge in [0.25, 0.3) is 0 Å². The van der Waals surface area contributed by atoms with E-state index in [1.54, 1.807) is 13.3 Å². The van der Waals surface area contributed by atoms with Crippen LogP contribution >= 0.6 is 0 Å². The number of nitrogens with zero attached hydrogens (tertiary/aromatic N) is 2. The molecule has 1 atom stereocenters. The van der Waals surface area contributed by atoms with Gasteiger partial charge in [-0.2, -0.15) is 5.10 Å². The third-order valence-electron chi connectivity index (χ3n) is 3.29. The van der Waals surface area contributed by atoms with Crippen LogP contribution in [0.3, 0.4) is 0 Å². The number of rotatable bonds is 6. The molecular formula is C12H23N3O. The maximum Gasteiger partial charge on any atom is 0.161 e. The lowest BCUT2D eigenvalue weighted by Crippen LogP contribution is -2.27. The van der Waals surface area contributed by atoms with Crippen molar-refractivity contribution >= 4 is 0 Å². The van der Waals surface area contributed by atoms with Crippen molar-refractivity contribution < 1.29 is 4.74 Å². The Morgan fingerprint density at radius 1 is 1.44 bits per heavy atom. The molecule has 92 valence electrons. The van der Waals surface area contributed by atoms with E-state index in [9.17, 15) is 0 Å². The molecule has 4 heteroatoms. The maximum atomic E-state index is 5.36. The normalized spacial score (nSPS) is 13.1. The van der Waals surface area contributed by atoms with Crippen molar-refractivity contribution in [2.45, 2.75) is 32.7 Å². The Morgan fingerprint density at radius 3 is 2.50 bits per heavy atom. The summed E-state index contributed by atoms with van der Waals surface area (Å²) in [6.07, 6.45) is 4.08. The van der Waals surface area contributed by atoms with Crippen LogP contribution in [0.5, 0.6) is 5.75 Å². The number of hydrogen-bond acceptors (Lipinski definition) is 3. The van der Waals surface area contributed by atoms with E-state index in [0.29, 0.717) is 12.0 Å².